The Labute approximate surface area is 111 Å². The summed E-state index contributed by atoms with van der Waals surface area (Å²) in [4.78, 5) is 14.1. The average molecular weight is 295 g/mol. The van der Waals surface area contributed by atoms with Gasteiger partial charge in [-0.3, -0.25) is 10.1 Å². The third-order valence-corrected chi connectivity index (χ3v) is 2.43. The summed E-state index contributed by atoms with van der Waals surface area (Å²) in [5.74, 6) is 0. The van der Waals surface area contributed by atoms with Crippen molar-refractivity contribution in [3.05, 3.63) is 28.1 Å². The van der Waals surface area contributed by atoms with Crippen molar-refractivity contribution in [3.63, 3.8) is 0 Å². The average Bonchev–Trinajstić information content (AvgIpc) is 2.36. The summed E-state index contributed by atoms with van der Waals surface area (Å²) in [6.07, 6.45) is -4.23. The Morgan fingerprint density at radius 1 is 1.30 bits per heavy atom. The summed E-state index contributed by atoms with van der Waals surface area (Å²) in [5.41, 5.74) is -2.25. The molecule has 0 aliphatic heterocycles. The molecule has 0 atom stereocenters. The van der Waals surface area contributed by atoms with Crippen LogP contribution in [-0.2, 0) is 6.18 Å². The van der Waals surface area contributed by atoms with Crippen molar-refractivity contribution in [2.24, 2.45) is 0 Å². The molecular weight excluding hydrogens is 283 g/mol. The second-order valence-electron chi connectivity index (χ2n) is 3.75. The highest BCUT2D eigenvalue weighted by Gasteiger charge is 2.35. The molecule has 0 spiro atoms. The molecule has 1 rings (SSSR count). The quantitative estimate of drug-likeness (QED) is 0.595. The number of halogens is 3. The zero-order valence-corrected chi connectivity index (χ0v) is 10.2. The molecule has 0 amide bonds. The molecule has 0 bridgehead atoms. The van der Waals surface area contributed by atoms with Crippen LogP contribution >= 0.6 is 0 Å². The minimum atomic E-state index is -4.74. The molecule has 0 saturated heterocycles. The lowest BCUT2D eigenvalue weighted by Crippen LogP contribution is -2.30. The number of nitro groups is 1. The summed E-state index contributed by atoms with van der Waals surface area (Å²) in [6, 6.07) is 0.531. The molecule has 0 aliphatic carbocycles. The van der Waals surface area contributed by atoms with Crippen LogP contribution in [0.5, 0.6) is 0 Å². The molecule has 2 N–H and O–H groups in total. The largest absolute Gasteiger partial charge is 0.433 e. The van der Waals surface area contributed by atoms with Crippen molar-refractivity contribution >= 4 is 11.4 Å². The van der Waals surface area contributed by atoms with Crippen LogP contribution in [-0.4, -0.2) is 46.4 Å². The van der Waals surface area contributed by atoms with E-state index < -0.39 is 35.7 Å². The number of pyridine rings is 1. The van der Waals surface area contributed by atoms with Crippen LogP contribution in [0.2, 0.25) is 0 Å². The summed E-state index contributed by atoms with van der Waals surface area (Å²) in [5, 5.41) is 28.5. The molecule has 112 valence electrons. The Morgan fingerprint density at radius 2 is 1.85 bits per heavy atom. The first kappa shape index (κ1) is 16.1. The molecule has 20 heavy (non-hydrogen) atoms. The molecule has 0 saturated carbocycles. The van der Waals surface area contributed by atoms with E-state index in [9.17, 15) is 23.3 Å². The maximum Gasteiger partial charge on any atom is 0.433 e. The van der Waals surface area contributed by atoms with Crippen LogP contribution < -0.4 is 4.90 Å². The molecule has 0 aromatic carbocycles. The van der Waals surface area contributed by atoms with Crippen LogP contribution in [0.15, 0.2) is 12.3 Å². The number of aliphatic hydroxyl groups excluding tert-OH is 2. The minimum absolute atomic E-state index is 0.150. The van der Waals surface area contributed by atoms with Crippen molar-refractivity contribution in [2.45, 2.75) is 6.18 Å². The number of alkyl halides is 3. The van der Waals surface area contributed by atoms with Crippen LogP contribution in [0.25, 0.3) is 0 Å². The number of rotatable bonds is 6. The van der Waals surface area contributed by atoms with Gasteiger partial charge >= 0.3 is 11.9 Å². The number of anilines is 1. The maximum absolute atomic E-state index is 12.6. The molecule has 0 radical (unpaired) electrons. The van der Waals surface area contributed by atoms with Gasteiger partial charge in [-0.15, -0.1) is 0 Å². The van der Waals surface area contributed by atoms with Gasteiger partial charge in [0, 0.05) is 13.1 Å². The van der Waals surface area contributed by atoms with E-state index >= 15 is 0 Å². The Balaban J connectivity index is 3.33. The lowest BCUT2D eigenvalue weighted by atomic mass is 10.2. The van der Waals surface area contributed by atoms with Crippen LogP contribution in [0.4, 0.5) is 24.5 Å². The Hall–Kier alpha value is -1.94. The van der Waals surface area contributed by atoms with Gasteiger partial charge in [0.1, 0.15) is 17.6 Å². The second kappa shape index (κ2) is 6.48. The van der Waals surface area contributed by atoms with Gasteiger partial charge in [0.2, 0.25) is 0 Å². The standard InChI is InChI=1S/C10H12F3N3O4/c11-10(12,13)9-5-7(8(6-14-9)16(19)20)15(1-3-17)2-4-18/h5-6,17-18H,1-4H2. The lowest BCUT2D eigenvalue weighted by molar-refractivity contribution is -0.384. The summed E-state index contributed by atoms with van der Waals surface area (Å²) in [6.45, 7) is -1.16. The van der Waals surface area contributed by atoms with Gasteiger partial charge < -0.3 is 15.1 Å². The van der Waals surface area contributed by atoms with E-state index in [0.717, 1.165) is 4.90 Å². The molecule has 1 aromatic rings. The zero-order chi connectivity index (χ0) is 15.3. The minimum Gasteiger partial charge on any atom is -0.395 e. The molecule has 1 heterocycles. The fraction of sp³-hybridized carbons (Fsp3) is 0.500. The summed E-state index contributed by atoms with van der Waals surface area (Å²) >= 11 is 0. The lowest BCUT2D eigenvalue weighted by Gasteiger charge is -2.23. The molecule has 0 unspecified atom stereocenters. The van der Waals surface area contributed by atoms with Gasteiger partial charge in [-0.2, -0.15) is 13.2 Å². The first-order valence-electron chi connectivity index (χ1n) is 5.49. The fourth-order valence-corrected chi connectivity index (χ4v) is 1.58. The highest BCUT2D eigenvalue weighted by Crippen LogP contribution is 2.34. The first-order chi connectivity index (χ1) is 9.31. The van der Waals surface area contributed by atoms with E-state index in [4.69, 9.17) is 10.2 Å². The molecule has 1 aromatic heterocycles. The van der Waals surface area contributed by atoms with E-state index in [1.807, 2.05) is 0 Å². The smallest absolute Gasteiger partial charge is 0.395 e. The molecular formula is C10H12F3N3O4. The Bertz CT molecular complexity index is 475. The van der Waals surface area contributed by atoms with E-state index in [0.29, 0.717) is 12.3 Å². The SMILES string of the molecule is O=[N+]([O-])c1cnc(C(F)(F)F)cc1N(CCO)CCO. The topological polar surface area (TPSA) is 99.7 Å². The van der Waals surface area contributed by atoms with Gasteiger partial charge in [0.25, 0.3) is 0 Å². The van der Waals surface area contributed by atoms with Gasteiger partial charge in [0.05, 0.1) is 18.1 Å². The van der Waals surface area contributed by atoms with Crippen molar-refractivity contribution in [3.8, 4) is 0 Å². The molecule has 0 fully saturated rings. The third-order valence-electron chi connectivity index (χ3n) is 2.43. The van der Waals surface area contributed by atoms with Crippen LogP contribution in [0, 0.1) is 10.1 Å². The van der Waals surface area contributed by atoms with Gasteiger partial charge in [-0.05, 0) is 6.07 Å². The van der Waals surface area contributed by atoms with Crippen molar-refractivity contribution in [2.75, 3.05) is 31.2 Å². The highest BCUT2D eigenvalue weighted by atomic mass is 19.4. The predicted molar refractivity (Wildman–Crippen MR) is 62.3 cm³/mol. The van der Waals surface area contributed by atoms with Gasteiger partial charge in [-0.25, -0.2) is 4.98 Å². The van der Waals surface area contributed by atoms with Crippen LogP contribution in [0.1, 0.15) is 5.69 Å². The van der Waals surface area contributed by atoms with E-state index in [1.54, 1.807) is 0 Å². The number of aromatic nitrogens is 1. The third kappa shape index (κ3) is 3.78. The summed E-state index contributed by atoms with van der Waals surface area (Å²) < 4.78 is 37.8. The normalized spacial score (nSPS) is 11.4. The first-order valence-corrected chi connectivity index (χ1v) is 5.49. The van der Waals surface area contributed by atoms with Crippen molar-refractivity contribution in [1.82, 2.24) is 4.98 Å². The maximum atomic E-state index is 12.6. The molecule has 0 aliphatic rings. The predicted octanol–water partition coefficient (Wildman–Crippen LogP) is 0.800. The zero-order valence-electron chi connectivity index (χ0n) is 10.2. The number of hydrogen-bond acceptors (Lipinski definition) is 6. The number of nitrogens with zero attached hydrogens (tertiary/aromatic N) is 3. The van der Waals surface area contributed by atoms with E-state index in [-0.39, 0.29) is 18.8 Å². The van der Waals surface area contributed by atoms with E-state index in [1.165, 1.54) is 0 Å². The Morgan fingerprint density at radius 3 is 2.25 bits per heavy atom. The molecule has 10 heteroatoms. The van der Waals surface area contributed by atoms with Crippen molar-refractivity contribution in [1.29, 1.82) is 0 Å². The highest BCUT2D eigenvalue weighted by molar-refractivity contribution is 5.63. The van der Waals surface area contributed by atoms with Crippen molar-refractivity contribution < 1.29 is 28.3 Å². The van der Waals surface area contributed by atoms with Gasteiger partial charge in [0.15, 0.2) is 0 Å². The summed E-state index contributed by atoms with van der Waals surface area (Å²) in [7, 11) is 0. The number of aliphatic hydroxyl groups is 2. The second-order valence-corrected chi connectivity index (χ2v) is 3.75. The van der Waals surface area contributed by atoms with E-state index in [2.05, 4.69) is 4.98 Å². The van der Waals surface area contributed by atoms with Crippen LogP contribution in [0.3, 0.4) is 0 Å². The monoisotopic (exact) mass is 295 g/mol. The molecule has 7 nitrogen and oxygen atoms in total. The van der Waals surface area contributed by atoms with Gasteiger partial charge in [-0.1, -0.05) is 0 Å². The Kier molecular flexibility index (Phi) is 5.22. The number of hydrogen-bond donors (Lipinski definition) is 2. The fourth-order valence-electron chi connectivity index (χ4n) is 1.58.